The van der Waals surface area contributed by atoms with E-state index in [0.29, 0.717) is 24.5 Å². The first-order valence-corrected chi connectivity index (χ1v) is 11.7. The molecule has 4 N–H and O–H groups in total. The van der Waals surface area contributed by atoms with Crippen molar-refractivity contribution >= 4 is 29.7 Å². The predicted octanol–water partition coefficient (Wildman–Crippen LogP) is 3.58. The molecule has 10 heteroatoms. The van der Waals surface area contributed by atoms with E-state index in [9.17, 15) is 19.5 Å². The molecule has 1 unspecified atom stereocenters. The summed E-state index contributed by atoms with van der Waals surface area (Å²) < 4.78 is 4.74. The SMILES string of the molecule is CC(C)C(NC(=O)NCC(C)(C)OC(=O)O)C(=O)N1CC[C@](O)(c2ccc(Cl)cc2)C(C)(C)C1. The number of benzene rings is 1. The second-order valence-electron chi connectivity index (χ2n) is 10.4. The number of carbonyl (C=O) groups excluding carboxylic acids is 2. The maximum atomic E-state index is 13.4. The van der Waals surface area contributed by atoms with Crippen molar-refractivity contribution in [1.29, 1.82) is 0 Å². The Bertz CT molecular complexity index is 902. The van der Waals surface area contributed by atoms with E-state index in [-0.39, 0.29) is 18.4 Å². The molecule has 1 heterocycles. The number of ether oxygens (including phenoxy) is 1. The Labute approximate surface area is 205 Å². The summed E-state index contributed by atoms with van der Waals surface area (Å²) in [5.74, 6) is -0.431. The number of likely N-dealkylation sites (tertiary alicyclic amines) is 1. The Balaban J connectivity index is 2.08. The van der Waals surface area contributed by atoms with Gasteiger partial charge in [0.2, 0.25) is 5.91 Å². The standard InChI is InChI=1S/C24H36ClN3O6/c1-15(2)18(27-20(30)26-13-23(5,6)34-21(31)32)19(29)28-12-11-24(33,22(3,4)14-28)16-7-9-17(25)10-8-16/h7-10,15,18,33H,11-14H2,1-6H3,(H,31,32)(H2,26,27,30)/t18?,24-/m0/s1. The summed E-state index contributed by atoms with van der Waals surface area (Å²) in [6.45, 7) is 11.1. The fourth-order valence-corrected chi connectivity index (χ4v) is 4.37. The third-order valence-electron chi connectivity index (χ3n) is 6.34. The highest BCUT2D eigenvalue weighted by atomic mass is 35.5. The molecule has 2 atom stereocenters. The van der Waals surface area contributed by atoms with Gasteiger partial charge in [-0.2, -0.15) is 0 Å². The molecule has 0 aromatic heterocycles. The number of piperidine rings is 1. The molecule has 1 aliphatic rings. The minimum absolute atomic E-state index is 0.0605. The van der Waals surface area contributed by atoms with E-state index in [1.807, 2.05) is 27.7 Å². The lowest BCUT2D eigenvalue weighted by molar-refractivity contribution is -0.155. The average molecular weight is 498 g/mol. The molecular weight excluding hydrogens is 462 g/mol. The summed E-state index contributed by atoms with van der Waals surface area (Å²) in [4.78, 5) is 38.3. The molecule has 0 saturated carbocycles. The van der Waals surface area contributed by atoms with Crippen molar-refractivity contribution in [2.75, 3.05) is 19.6 Å². The summed E-state index contributed by atoms with van der Waals surface area (Å²) in [5.41, 5.74) is -2.17. The van der Waals surface area contributed by atoms with E-state index in [0.717, 1.165) is 5.56 Å². The van der Waals surface area contributed by atoms with Crippen molar-refractivity contribution < 1.29 is 29.3 Å². The first-order valence-electron chi connectivity index (χ1n) is 11.3. The van der Waals surface area contributed by atoms with Gasteiger partial charge >= 0.3 is 12.2 Å². The number of nitrogens with one attached hydrogen (secondary N) is 2. The van der Waals surface area contributed by atoms with Crippen LogP contribution in [-0.4, -0.2) is 64.5 Å². The highest BCUT2D eigenvalue weighted by Gasteiger charge is 2.50. The lowest BCUT2D eigenvalue weighted by atomic mass is 9.66. The summed E-state index contributed by atoms with van der Waals surface area (Å²) in [5, 5.41) is 26.2. The maximum Gasteiger partial charge on any atom is 0.506 e. The van der Waals surface area contributed by atoms with Gasteiger partial charge in [0.1, 0.15) is 11.6 Å². The lowest BCUT2D eigenvalue weighted by Crippen LogP contribution is -2.61. The van der Waals surface area contributed by atoms with Crippen molar-refractivity contribution in [2.45, 2.75) is 65.2 Å². The molecule has 1 aromatic carbocycles. The van der Waals surface area contributed by atoms with Crippen LogP contribution >= 0.6 is 11.6 Å². The second kappa shape index (κ2) is 10.4. The number of aliphatic hydroxyl groups is 1. The molecule has 0 bridgehead atoms. The smallest absolute Gasteiger partial charge is 0.450 e. The third kappa shape index (κ3) is 6.54. The van der Waals surface area contributed by atoms with Gasteiger partial charge in [0, 0.05) is 23.5 Å². The zero-order valence-corrected chi connectivity index (χ0v) is 21.4. The van der Waals surface area contributed by atoms with Gasteiger partial charge in [0.25, 0.3) is 0 Å². The quantitative estimate of drug-likeness (QED) is 0.426. The molecule has 0 radical (unpaired) electrons. The minimum Gasteiger partial charge on any atom is -0.450 e. The highest BCUT2D eigenvalue weighted by Crippen LogP contribution is 2.46. The van der Waals surface area contributed by atoms with Crippen molar-refractivity contribution in [3.8, 4) is 0 Å². The largest absolute Gasteiger partial charge is 0.506 e. The molecule has 2 rings (SSSR count). The van der Waals surface area contributed by atoms with Gasteiger partial charge in [-0.25, -0.2) is 9.59 Å². The molecule has 9 nitrogen and oxygen atoms in total. The van der Waals surface area contributed by atoms with Gasteiger partial charge in [0.05, 0.1) is 12.1 Å². The summed E-state index contributed by atoms with van der Waals surface area (Å²) in [6.07, 6.45) is -1.10. The number of carbonyl (C=O) groups is 3. The number of rotatable bonds is 7. The number of carboxylic acid groups (broad SMARTS) is 1. The topological polar surface area (TPSA) is 128 Å². The Morgan fingerprint density at radius 2 is 1.79 bits per heavy atom. The Hall–Kier alpha value is -2.52. The fourth-order valence-electron chi connectivity index (χ4n) is 4.24. The first-order chi connectivity index (χ1) is 15.6. The monoisotopic (exact) mass is 497 g/mol. The summed E-state index contributed by atoms with van der Waals surface area (Å²) in [6, 6.07) is 5.70. The van der Waals surface area contributed by atoms with Crippen LogP contribution in [-0.2, 0) is 15.1 Å². The van der Waals surface area contributed by atoms with Crippen molar-refractivity contribution in [3.05, 3.63) is 34.9 Å². The fraction of sp³-hybridized carbons (Fsp3) is 0.625. The number of urea groups is 1. The van der Waals surface area contributed by atoms with E-state index in [1.165, 1.54) is 13.8 Å². The van der Waals surface area contributed by atoms with E-state index < -0.39 is 34.8 Å². The van der Waals surface area contributed by atoms with Crippen LogP contribution in [0.15, 0.2) is 24.3 Å². The van der Waals surface area contributed by atoms with Crippen LogP contribution in [0.5, 0.6) is 0 Å². The van der Waals surface area contributed by atoms with Gasteiger partial charge < -0.3 is 30.5 Å². The Morgan fingerprint density at radius 3 is 2.29 bits per heavy atom. The van der Waals surface area contributed by atoms with Gasteiger partial charge in [-0.1, -0.05) is 51.4 Å². The molecule has 1 fully saturated rings. The van der Waals surface area contributed by atoms with Crippen LogP contribution in [0.3, 0.4) is 0 Å². The van der Waals surface area contributed by atoms with Crippen LogP contribution in [0, 0.1) is 11.3 Å². The Kier molecular flexibility index (Phi) is 8.48. The average Bonchev–Trinajstić information content (AvgIpc) is 2.71. The van der Waals surface area contributed by atoms with Crippen molar-refractivity contribution in [3.63, 3.8) is 0 Å². The van der Waals surface area contributed by atoms with Crippen LogP contribution in [0.2, 0.25) is 5.02 Å². The number of hydrogen-bond acceptors (Lipinski definition) is 5. The van der Waals surface area contributed by atoms with Crippen molar-refractivity contribution in [2.24, 2.45) is 11.3 Å². The highest BCUT2D eigenvalue weighted by molar-refractivity contribution is 6.30. The van der Waals surface area contributed by atoms with Gasteiger partial charge in [0.15, 0.2) is 0 Å². The molecule has 190 valence electrons. The summed E-state index contributed by atoms with van der Waals surface area (Å²) >= 11 is 6.00. The third-order valence-corrected chi connectivity index (χ3v) is 6.59. The minimum atomic E-state index is -1.44. The summed E-state index contributed by atoms with van der Waals surface area (Å²) in [7, 11) is 0. The Morgan fingerprint density at radius 1 is 1.21 bits per heavy atom. The van der Waals surface area contributed by atoms with E-state index in [2.05, 4.69) is 10.6 Å². The molecule has 34 heavy (non-hydrogen) atoms. The first kappa shape index (κ1) is 27.7. The molecule has 1 aromatic rings. The van der Waals surface area contributed by atoms with Crippen LogP contribution in [0.1, 0.15) is 53.5 Å². The predicted molar refractivity (Wildman–Crippen MR) is 129 cm³/mol. The van der Waals surface area contributed by atoms with Gasteiger partial charge in [-0.3, -0.25) is 4.79 Å². The zero-order chi connectivity index (χ0) is 25.9. The van der Waals surface area contributed by atoms with Gasteiger partial charge in [-0.05, 0) is 43.9 Å². The number of amides is 3. The lowest BCUT2D eigenvalue weighted by Gasteiger charge is -2.51. The van der Waals surface area contributed by atoms with Crippen LogP contribution in [0.4, 0.5) is 9.59 Å². The number of halogens is 1. The van der Waals surface area contributed by atoms with E-state index in [1.54, 1.807) is 29.2 Å². The molecule has 0 aliphatic carbocycles. The zero-order valence-electron chi connectivity index (χ0n) is 20.6. The maximum absolute atomic E-state index is 13.4. The second-order valence-corrected chi connectivity index (χ2v) is 10.9. The number of hydrogen-bond donors (Lipinski definition) is 4. The normalized spacial score (nSPS) is 21.0. The van der Waals surface area contributed by atoms with E-state index >= 15 is 0 Å². The molecule has 1 aliphatic heterocycles. The molecule has 3 amide bonds. The van der Waals surface area contributed by atoms with Crippen LogP contribution < -0.4 is 10.6 Å². The van der Waals surface area contributed by atoms with Crippen LogP contribution in [0.25, 0.3) is 0 Å². The number of nitrogens with zero attached hydrogens (tertiary/aromatic N) is 1. The van der Waals surface area contributed by atoms with Gasteiger partial charge in [-0.15, -0.1) is 0 Å². The molecular formula is C24H36ClN3O6. The molecule has 0 spiro atoms. The molecule has 1 saturated heterocycles. The van der Waals surface area contributed by atoms with E-state index in [4.69, 9.17) is 21.4 Å². The van der Waals surface area contributed by atoms with Crippen molar-refractivity contribution in [1.82, 2.24) is 15.5 Å².